The van der Waals surface area contributed by atoms with Crippen molar-refractivity contribution in [3.63, 3.8) is 0 Å². The lowest BCUT2D eigenvalue weighted by atomic mass is 10.1. The molecule has 116 valence electrons. The molecule has 23 heavy (non-hydrogen) atoms. The highest BCUT2D eigenvalue weighted by Gasteiger charge is 2.12. The summed E-state index contributed by atoms with van der Waals surface area (Å²) in [5.41, 5.74) is 9.37. The fourth-order valence-corrected chi connectivity index (χ4v) is 2.46. The maximum atomic E-state index is 5.94. The Labute approximate surface area is 140 Å². The maximum absolute atomic E-state index is 5.94. The Kier molecular flexibility index (Phi) is 4.44. The smallest absolute Gasteiger partial charge is 0.153 e. The number of nitrogens with one attached hydrogen (secondary N) is 1. The van der Waals surface area contributed by atoms with Crippen molar-refractivity contribution in [2.45, 2.75) is 13.0 Å². The third-order valence-electron chi connectivity index (χ3n) is 3.61. The van der Waals surface area contributed by atoms with Crippen molar-refractivity contribution in [3.05, 3.63) is 71.5 Å². The molecule has 1 heterocycles. The molecule has 0 spiro atoms. The molecule has 0 bridgehead atoms. The average molecular weight is 325 g/mol. The van der Waals surface area contributed by atoms with E-state index in [1.807, 2.05) is 48.5 Å². The molecule has 0 aliphatic carbocycles. The maximum Gasteiger partial charge on any atom is 0.153 e. The highest BCUT2D eigenvalue weighted by atomic mass is 35.5. The number of nitrogens with two attached hydrogens (primary N) is 1. The second kappa shape index (κ2) is 6.67. The van der Waals surface area contributed by atoms with Crippen LogP contribution in [-0.4, -0.2) is 9.97 Å². The third kappa shape index (κ3) is 3.60. The van der Waals surface area contributed by atoms with Gasteiger partial charge in [0.1, 0.15) is 5.69 Å². The van der Waals surface area contributed by atoms with Crippen molar-refractivity contribution in [3.8, 4) is 11.3 Å². The number of anilines is 2. The fraction of sp³-hybridized carbons (Fsp3) is 0.111. The number of aromatic nitrogens is 2. The summed E-state index contributed by atoms with van der Waals surface area (Å²) in [6.07, 6.45) is 3.36. The Morgan fingerprint density at radius 3 is 2.30 bits per heavy atom. The summed E-state index contributed by atoms with van der Waals surface area (Å²) in [6, 6.07) is 15.4. The van der Waals surface area contributed by atoms with Gasteiger partial charge in [-0.1, -0.05) is 35.9 Å². The van der Waals surface area contributed by atoms with Gasteiger partial charge in [-0.25, -0.2) is 4.98 Å². The number of halogens is 1. The topological polar surface area (TPSA) is 63.8 Å². The van der Waals surface area contributed by atoms with Crippen LogP contribution in [0.4, 0.5) is 11.5 Å². The first-order chi connectivity index (χ1) is 11.1. The van der Waals surface area contributed by atoms with Crippen LogP contribution in [0.25, 0.3) is 11.3 Å². The summed E-state index contributed by atoms with van der Waals surface area (Å²) < 4.78 is 0. The summed E-state index contributed by atoms with van der Waals surface area (Å²) in [5, 5.41) is 4.14. The van der Waals surface area contributed by atoms with Crippen molar-refractivity contribution in [1.82, 2.24) is 9.97 Å². The van der Waals surface area contributed by atoms with E-state index in [1.165, 1.54) is 0 Å². The normalized spacial score (nSPS) is 11.9. The molecule has 3 aromatic rings. The summed E-state index contributed by atoms with van der Waals surface area (Å²) in [5.74, 6) is 0.736. The van der Waals surface area contributed by atoms with Crippen LogP contribution in [0.15, 0.2) is 60.9 Å². The van der Waals surface area contributed by atoms with Gasteiger partial charge in [0.2, 0.25) is 0 Å². The van der Waals surface area contributed by atoms with E-state index in [1.54, 1.807) is 12.4 Å². The van der Waals surface area contributed by atoms with Gasteiger partial charge >= 0.3 is 0 Å². The molecular formula is C18H17ClN4. The summed E-state index contributed by atoms with van der Waals surface area (Å²) in [6.45, 7) is 2.07. The van der Waals surface area contributed by atoms with Crippen LogP contribution in [0.3, 0.4) is 0 Å². The van der Waals surface area contributed by atoms with E-state index >= 15 is 0 Å². The molecule has 0 saturated carbocycles. The number of hydrogen-bond acceptors (Lipinski definition) is 4. The van der Waals surface area contributed by atoms with Gasteiger partial charge in [0.25, 0.3) is 0 Å². The van der Waals surface area contributed by atoms with Gasteiger partial charge in [-0.3, -0.25) is 4.98 Å². The van der Waals surface area contributed by atoms with Gasteiger partial charge in [-0.15, -0.1) is 0 Å². The van der Waals surface area contributed by atoms with Crippen LogP contribution < -0.4 is 11.1 Å². The van der Waals surface area contributed by atoms with Crippen molar-refractivity contribution in [2.24, 2.45) is 0 Å². The zero-order valence-corrected chi connectivity index (χ0v) is 13.5. The molecule has 0 saturated heterocycles. The average Bonchev–Trinajstić information content (AvgIpc) is 2.57. The first-order valence-electron chi connectivity index (χ1n) is 7.32. The first-order valence-corrected chi connectivity index (χ1v) is 7.70. The minimum absolute atomic E-state index is 0.0801. The van der Waals surface area contributed by atoms with Crippen LogP contribution in [0.5, 0.6) is 0 Å². The van der Waals surface area contributed by atoms with Crippen molar-refractivity contribution < 1.29 is 0 Å². The first kappa shape index (κ1) is 15.3. The van der Waals surface area contributed by atoms with Gasteiger partial charge < -0.3 is 11.1 Å². The highest BCUT2D eigenvalue weighted by molar-refractivity contribution is 6.30. The number of nitrogens with zero attached hydrogens (tertiary/aromatic N) is 2. The third-order valence-corrected chi connectivity index (χ3v) is 3.86. The van der Waals surface area contributed by atoms with Crippen LogP contribution in [-0.2, 0) is 0 Å². The Morgan fingerprint density at radius 1 is 0.957 bits per heavy atom. The van der Waals surface area contributed by atoms with Crippen LogP contribution in [0, 0.1) is 0 Å². The standard InChI is InChI=1S/C18H17ClN4/c1-12(13-2-6-15(19)7-3-13)23-18-17(21-10-11-22-18)14-4-8-16(20)9-5-14/h2-12H,20H2,1H3,(H,22,23). The molecule has 4 nitrogen and oxygen atoms in total. The second-order valence-electron chi connectivity index (χ2n) is 5.29. The van der Waals surface area contributed by atoms with Crippen LogP contribution in [0.2, 0.25) is 5.02 Å². The van der Waals surface area contributed by atoms with Gasteiger partial charge in [-0.2, -0.15) is 0 Å². The molecule has 0 aliphatic rings. The molecule has 3 rings (SSSR count). The summed E-state index contributed by atoms with van der Waals surface area (Å²) in [7, 11) is 0. The molecule has 3 N–H and O–H groups in total. The molecule has 0 amide bonds. The van der Waals surface area contributed by atoms with E-state index in [9.17, 15) is 0 Å². The minimum atomic E-state index is 0.0801. The van der Waals surface area contributed by atoms with Crippen molar-refractivity contribution in [1.29, 1.82) is 0 Å². The molecule has 1 atom stereocenters. The lowest BCUT2D eigenvalue weighted by molar-refractivity contribution is 0.872. The molecule has 5 heteroatoms. The number of hydrogen-bond donors (Lipinski definition) is 2. The van der Waals surface area contributed by atoms with Gasteiger partial charge in [0.15, 0.2) is 5.82 Å². The zero-order chi connectivity index (χ0) is 16.2. The fourth-order valence-electron chi connectivity index (χ4n) is 2.34. The molecule has 1 aromatic heterocycles. The Bertz CT molecular complexity index is 785. The lowest BCUT2D eigenvalue weighted by Crippen LogP contribution is -2.09. The molecule has 0 radical (unpaired) electrons. The molecule has 1 unspecified atom stereocenters. The Morgan fingerprint density at radius 2 is 1.61 bits per heavy atom. The van der Waals surface area contributed by atoms with Gasteiger partial charge in [-0.05, 0) is 36.8 Å². The molecule has 0 fully saturated rings. The number of benzene rings is 2. The number of nitrogen functional groups attached to an aromatic ring is 1. The quantitative estimate of drug-likeness (QED) is 0.691. The molecule has 2 aromatic carbocycles. The van der Waals surface area contributed by atoms with E-state index in [4.69, 9.17) is 17.3 Å². The van der Waals surface area contributed by atoms with Gasteiger partial charge in [0, 0.05) is 28.7 Å². The second-order valence-corrected chi connectivity index (χ2v) is 5.73. The molecule has 0 aliphatic heterocycles. The predicted octanol–water partition coefficient (Wildman–Crippen LogP) is 4.55. The lowest BCUT2D eigenvalue weighted by Gasteiger charge is -2.17. The zero-order valence-electron chi connectivity index (χ0n) is 12.7. The van der Waals surface area contributed by atoms with Crippen LogP contribution in [0.1, 0.15) is 18.5 Å². The van der Waals surface area contributed by atoms with Crippen molar-refractivity contribution in [2.75, 3.05) is 11.1 Å². The largest absolute Gasteiger partial charge is 0.399 e. The molecular weight excluding hydrogens is 308 g/mol. The van der Waals surface area contributed by atoms with Gasteiger partial charge in [0.05, 0.1) is 6.04 Å². The predicted molar refractivity (Wildman–Crippen MR) is 95.4 cm³/mol. The SMILES string of the molecule is CC(Nc1nccnc1-c1ccc(N)cc1)c1ccc(Cl)cc1. The Hall–Kier alpha value is -2.59. The summed E-state index contributed by atoms with van der Waals surface area (Å²) in [4.78, 5) is 8.88. The minimum Gasteiger partial charge on any atom is -0.399 e. The number of rotatable bonds is 4. The monoisotopic (exact) mass is 324 g/mol. The van der Waals surface area contributed by atoms with E-state index in [2.05, 4.69) is 22.2 Å². The van der Waals surface area contributed by atoms with E-state index in [0.717, 1.165) is 33.3 Å². The Balaban J connectivity index is 1.88. The summed E-state index contributed by atoms with van der Waals surface area (Å²) >= 11 is 5.94. The highest BCUT2D eigenvalue weighted by Crippen LogP contribution is 2.27. The van der Waals surface area contributed by atoms with Crippen LogP contribution >= 0.6 is 11.6 Å². The van der Waals surface area contributed by atoms with E-state index in [0.29, 0.717) is 0 Å². The van der Waals surface area contributed by atoms with E-state index in [-0.39, 0.29) is 6.04 Å². The van der Waals surface area contributed by atoms with Crippen molar-refractivity contribution >= 4 is 23.1 Å². The van der Waals surface area contributed by atoms with E-state index < -0.39 is 0 Å².